The predicted molar refractivity (Wildman–Crippen MR) is 52.3 cm³/mol. The number of amides is 1. The third kappa shape index (κ3) is 8.10. The second kappa shape index (κ2) is 7.84. The Morgan fingerprint density at radius 2 is 2.29 bits per heavy atom. The average molecular weight is 226 g/mol. The lowest BCUT2D eigenvalue weighted by atomic mass is 10.3. The van der Waals surface area contributed by atoms with E-state index in [1.165, 1.54) is 0 Å². The summed E-state index contributed by atoms with van der Waals surface area (Å²) in [5.74, 6) is 0. The summed E-state index contributed by atoms with van der Waals surface area (Å²) in [7, 11) is 0. The first-order valence-corrected chi connectivity index (χ1v) is 4.93. The number of halogens is 1. The van der Waals surface area contributed by atoms with Gasteiger partial charge in [0, 0.05) is 13.0 Å². The molecule has 2 unspecified atom stereocenters. The Kier molecular flexibility index (Phi) is 7.55. The van der Waals surface area contributed by atoms with E-state index < -0.39 is 17.9 Å². The molecule has 0 aromatic carbocycles. The number of aliphatic hydroxyl groups excluding tert-OH is 1. The van der Waals surface area contributed by atoms with E-state index in [9.17, 15) is 9.90 Å². The van der Waals surface area contributed by atoms with Crippen LogP contribution in [0, 0.1) is 0 Å². The first kappa shape index (κ1) is 13.5. The third-order valence-electron chi connectivity index (χ3n) is 1.50. The van der Waals surface area contributed by atoms with Gasteiger partial charge in [0.15, 0.2) is 6.29 Å². The number of hydrogen-bond donors (Lipinski definition) is 3. The normalized spacial score (nSPS) is 14.8. The van der Waals surface area contributed by atoms with Crippen molar-refractivity contribution < 1.29 is 19.7 Å². The highest BCUT2D eigenvalue weighted by molar-refractivity contribution is 6.21. The van der Waals surface area contributed by atoms with E-state index in [2.05, 4.69) is 0 Å². The van der Waals surface area contributed by atoms with Gasteiger partial charge in [-0.1, -0.05) is 24.9 Å². The molecule has 6 heteroatoms. The molecule has 3 N–H and O–H groups in total. The predicted octanol–water partition coefficient (Wildman–Crippen LogP) is 1.34. The second-order valence-electron chi connectivity index (χ2n) is 2.83. The van der Waals surface area contributed by atoms with Crippen LogP contribution in [0.25, 0.3) is 0 Å². The van der Waals surface area contributed by atoms with Crippen LogP contribution in [0.3, 0.4) is 0 Å². The van der Waals surface area contributed by atoms with Crippen molar-refractivity contribution in [1.82, 2.24) is 5.32 Å². The molecule has 0 heterocycles. The van der Waals surface area contributed by atoms with Crippen LogP contribution >= 0.6 is 11.6 Å². The van der Waals surface area contributed by atoms with Crippen LogP contribution in [0.1, 0.15) is 26.2 Å². The van der Waals surface area contributed by atoms with Gasteiger partial charge >= 0.3 is 6.09 Å². The van der Waals surface area contributed by atoms with E-state index in [0.29, 0.717) is 6.61 Å². The van der Waals surface area contributed by atoms with Crippen molar-refractivity contribution in [2.75, 3.05) is 6.61 Å². The molecule has 0 aliphatic rings. The first-order valence-electron chi connectivity index (χ1n) is 4.49. The zero-order chi connectivity index (χ0) is 11.0. The van der Waals surface area contributed by atoms with Crippen molar-refractivity contribution in [1.29, 1.82) is 0 Å². The van der Waals surface area contributed by atoms with E-state index in [4.69, 9.17) is 21.4 Å². The zero-order valence-electron chi connectivity index (χ0n) is 8.07. The number of unbranched alkanes of at least 4 members (excludes halogenated alkanes) is 1. The summed E-state index contributed by atoms with van der Waals surface area (Å²) in [6, 6.07) is 0. The van der Waals surface area contributed by atoms with E-state index in [1.54, 1.807) is 0 Å². The molecule has 0 saturated heterocycles. The summed E-state index contributed by atoms with van der Waals surface area (Å²) in [5, 5.41) is 19.5. The monoisotopic (exact) mass is 225 g/mol. The number of nitrogens with one attached hydrogen (secondary N) is 1. The van der Waals surface area contributed by atoms with Crippen LogP contribution in [-0.4, -0.2) is 34.7 Å². The van der Waals surface area contributed by atoms with Gasteiger partial charge < -0.3 is 20.3 Å². The fourth-order valence-corrected chi connectivity index (χ4v) is 1.05. The minimum atomic E-state index is -1.22. The van der Waals surface area contributed by atoms with Crippen LogP contribution in [0.15, 0.2) is 0 Å². The minimum Gasteiger partial charge on any atom is -0.465 e. The van der Waals surface area contributed by atoms with Crippen LogP contribution in [-0.2, 0) is 4.74 Å². The quantitative estimate of drug-likeness (QED) is 0.264. The van der Waals surface area contributed by atoms with Crippen LogP contribution in [0.2, 0.25) is 0 Å². The Labute approximate surface area is 88.0 Å². The molecule has 0 bridgehead atoms. The molecular weight excluding hydrogens is 210 g/mol. The molecule has 5 nitrogen and oxygen atoms in total. The smallest absolute Gasteiger partial charge is 0.405 e. The van der Waals surface area contributed by atoms with Gasteiger partial charge in [-0.05, 0) is 6.42 Å². The van der Waals surface area contributed by atoms with Gasteiger partial charge in [0.25, 0.3) is 0 Å². The molecule has 0 saturated carbocycles. The SMILES string of the molecule is CCCCOC(O)CC(Cl)NC(=O)O. The third-order valence-corrected chi connectivity index (χ3v) is 1.78. The maximum atomic E-state index is 10.1. The highest BCUT2D eigenvalue weighted by Gasteiger charge is 2.13. The van der Waals surface area contributed by atoms with E-state index in [0.717, 1.165) is 12.8 Å². The van der Waals surface area contributed by atoms with Crippen molar-refractivity contribution in [2.24, 2.45) is 0 Å². The highest BCUT2D eigenvalue weighted by atomic mass is 35.5. The number of alkyl halides is 1. The summed E-state index contributed by atoms with van der Waals surface area (Å²) >= 11 is 5.55. The van der Waals surface area contributed by atoms with Gasteiger partial charge in [0.05, 0.1) is 0 Å². The number of rotatable bonds is 7. The molecular formula is C8H16ClNO4. The minimum absolute atomic E-state index is 0.0393. The van der Waals surface area contributed by atoms with Gasteiger partial charge in [-0.15, -0.1) is 0 Å². The molecule has 14 heavy (non-hydrogen) atoms. The Morgan fingerprint density at radius 3 is 2.79 bits per heavy atom. The number of ether oxygens (including phenoxy) is 1. The van der Waals surface area contributed by atoms with Crippen molar-refractivity contribution in [3.63, 3.8) is 0 Å². The van der Waals surface area contributed by atoms with E-state index >= 15 is 0 Å². The molecule has 0 aliphatic heterocycles. The van der Waals surface area contributed by atoms with Gasteiger partial charge in [-0.2, -0.15) is 0 Å². The van der Waals surface area contributed by atoms with Gasteiger partial charge in [0.1, 0.15) is 5.50 Å². The molecule has 0 fully saturated rings. The second-order valence-corrected chi connectivity index (χ2v) is 3.36. The largest absolute Gasteiger partial charge is 0.465 e. The maximum Gasteiger partial charge on any atom is 0.405 e. The molecule has 0 rings (SSSR count). The number of carbonyl (C=O) groups is 1. The Hall–Kier alpha value is -0.520. The van der Waals surface area contributed by atoms with Crippen molar-refractivity contribution in [3.8, 4) is 0 Å². The van der Waals surface area contributed by atoms with Gasteiger partial charge in [0.2, 0.25) is 0 Å². The van der Waals surface area contributed by atoms with Gasteiger partial charge in [-0.3, -0.25) is 0 Å². The number of carboxylic acid groups (broad SMARTS) is 1. The van der Waals surface area contributed by atoms with E-state index in [1.807, 2.05) is 12.2 Å². The Bertz CT molecular complexity index is 167. The molecule has 2 atom stereocenters. The van der Waals surface area contributed by atoms with Crippen molar-refractivity contribution in [2.45, 2.75) is 38.0 Å². The van der Waals surface area contributed by atoms with E-state index in [-0.39, 0.29) is 6.42 Å². The summed E-state index contributed by atoms with van der Waals surface area (Å²) in [6.07, 6.45) is -0.361. The molecule has 84 valence electrons. The molecule has 1 amide bonds. The number of hydrogen-bond acceptors (Lipinski definition) is 3. The lowest BCUT2D eigenvalue weighted by Gasteiger charge is -2.15. The summed E-state index contributed by atoms with van der Waals surface area (Å²) < 4.78 is 4.97. The Balaban J connectivity index is 3.49. The summed E-state index contributed by atoms with van der Waals surface area (Å²) in [5.41, 5.74) is -0.830. The zero-order valence-corrected chi connectivity index (χ0v) is 8.83. The molecule has 0 aromatic rings. The van der Waals surface area contributed by atoms with Crippen LogP contribution < -0.4 is 5.32 Å². The van der Waals surface area contributed by atoms with Crippen LogP contribution in [0.5, 0.6) is 0 Å². The number of aliphatic hydroxyl groups is 1. The topological polar surface area (TPSA) is 78.8 Å². The fourth-order valence-electron chi connectivity index (χ4n) is 0.802. The molecule has 0 aliphatic carbocycles. The maximum absolute atomic E-state index is 10.1. The molecule has 0 spiro atoms. The summed E-state index contributed by atoms with van der Waals surface area (Å²) in [4.78, 5) is 10.1. The fraction of sp³-hybridized carbons (Fsp3) is 0.875. The Morgan fingerprint density at radius 1 is 1.64 bits per heavy atom. The highest BCUT2D eigenvalue weighted by Crippen LogP contribution is 2.04. The van der Waals surface area contributed by atoms with Crippen molar-refractivity contribution >= 4 is 17.7 Å². The summed E-state index contributed by atoms with van der Waals surface area (Å²) in [6.45, 7) is 2.46. The molecule has 0 aromatic heterocycles. The van der Waals surface area contributed by atoms with Gasteiger partial charge in [-0.25, -0.2) is 4.79 Å². The lowest BCUT2D eigenvalue weighted by molar-refractivity contribution is -0.104. The lowest BCUT2D eigenvalue weighted by Crippen LogP contribution is -2.33. The first-order chi connectivity index (χ1) is 6.56. The molecule has 0 radical (unpaired) electrons. The standard InChI is InChI=1S/C8H16ClNO4/c1-2-3-4-14-7(11)5-6(9)10-8(12)13/h6-7,10-11H,2-5H2,1H3,(H,12,13). The average Bonchev–Trinajstić information content (AvgIpc) is 2.02. The van der Waals surface area contributed by atoms with Crippen molar-refractivity contribution in [3.05, 3.63) is 0 Å². The van der Waals surface area contributed by atoms with Crippen LogP contribution in [0.4, 0.5) is 4.79 Å².